The summed E-state index contributed by atoms with van der Waals surface area (Å²) in [6.45, 7) is 4.21. The lowest BCUT2D eigenvalue weighted by atomic mass is 10.1. The van der Waals surface area contributed by atoms with Gasteiger partial charge in [0.1, 0.15) is 0 Å². The maximum absolute atomic E-state index is 13.7. The predicted octanol–water partition coefficient (Wildman–Crippen LogP) is 3.62. The van der Waals surface area contributed by atoms with Gasteiger partial charge in [0.05, 0.1) is 23.1 Å². The highest BCUT2D eigenvalue weighted by molar-refractivity contribution is 7.18. The van der Waals surface area contributed by atoms with E-state index in [1.807, 2.05) is 36.4 Å². The Balaban J connectivity index is 1.45. The maximum Gasteiger partial charge on any atom is 0.279 e. The Morgan fingerprint density at radius 3 is 2.48 bits per heavy atom. The number of benzene rings is 2. The average Bonchev–Trinajstić information content (AvgIpc) is 3.30. The molecule has 1 aliphatic heterocycles. The van der Waals surface area contributed by atoms with E-state index >= 15 is 0 Å². The number of para-hydroxylation sites is 1. The van der Waals surface area contributed by atoms with Gasteiger partial charge >= 0.3 is 0 Å². The van der Waals surface area contributed by atoms with Crippen molar-refractivity contribution in [1.82, 2.24) is 10.9 Å². The lowest BCUT2D eigenvalue weighted by molar-refractivity contribution is -0.128. The second-order valence-corrected chi connectivity index (χ2v) is 8.46. The number of hydrogen-bond acceptors (Lipinski definition) is 6. The highest BCUT2D eigenvalue weighted by atomic mass is 32.1. The molecule has 2 N–H and O–H groups in total. The second-order valence-electron chi connectivity index (χ2n) is 7.43. The minimum atomic E-state index is -1.01. The summed E-state index contributed by atoms with van der Waals surface area (Å²) in [6.07, 6.45) is -1.01. The summed E-state index contributed by atoms with van der Waals surface area (Å²) in [6, 6.07) is 17.5. The van der Waals surface area contributed by atoms with Gasteiger partial charge in [0.2, 0.25) is 0 Å². The van der Waals surface area contributed by atoms with E-state index in [9.17, 15) is 14.0 Å². The monoisotopic (exact) mass is 469 g/mol. The highest BCUT2D eigenvalue weighted by Gasteiger charge is 2.23. The molecule has 33 heavy (non-hydrogen) atoms. The summed E-state index contributed by atoms with van der Waals surface area (Å²) >= 11 is 1.36. The zero-order valence-electron chi connectivity index (χ0n) is 18.0. The highest BCUT2D eigenvalue weighted by Crippen LogP contribution is 2.39. The minimum absolute atomic E-state index is 0.0348. The van der Waals surface area contributed by atoms with Crippen LogP contribution in [0.2, 0.25) is 0 Å². The number of carbonyl (C=O) groups is 2. The van der Waals surface area contributed by atoms with Gasteiger partial charge in [-0.3, -0.25) is 20.4 Å². The Kier molecular flexibility index (Phi) is 7.21. The van der Waals surface area contributed by atoms with E-state index in [1.165, 1.54) is 36.5 Å². The lowest BCUT2D eigenvalue weighted by Crippen LogP contribution is -2.47. The molecule has 0 radical (unpaired) electrons. The fourth-order valence-electron chi connectivity index (χ4n) is 3.39. The molecule has 3 aromatic rings. The number of amides is 2. The molecule has 0 bridgehead atoms. The standard InChI is InChI=1S/C24H24FN3O4S/c1-16(32-20-10-6-5-9-19(20)25)22(29)26-27-23(30)21-15-18(17-7-3-2-4-8-17)24(33-21)28-11-13-31-14-12-28/h2-10,15-16H,11-14H2,1H3,(H,26,29)(H,27,30)/t16-/m0/s1. The Bertz CT molecular complexity index is 1120. The summed E-state index contributed by atoms with van der Waals surface area (Å²) in [5, 5.41) is 0.984. The molecule has 0 aliphatic carbocycles. The number of carbonyl (C=O) groups excluding carboxylic acids is 2. The number of ether oxygens (including phenoxy) is 2. The van der Waals surface area contributed by atoms with Crippen molar-refractivity contribution in [3.8, 4) is 16.9 Å². The number of hydrazine groups is 1. The molecule has 1 fully saturated rings. The summed E-state index contributed by atoms with van der Waals surface area (Å²) < 4.78 is 24.6. The van der Waals surface area contributed by atoms with Crippen molar-refractivity contribution in [1.29, 1.82) is 0 Å². The third-order valence-corrected chi connectivity index (χ3v) is 6.32. The lowest BCUT2D eigenvalue weighted by Gasteiger charge is -2.28. The van der Waals surface area contributed by atoms with Crippen LogP contribution in [0.3, 0.4) is 0 Å². The quantitative estimate of drug-likeness (QED) is 0.539. The van der Waals surface area contributed by atoms with Crippen LogP contribution < -0.4 is 20.5 Å². The largest absolute Gasteiger partial charge is 0.478 e. The van der Waals surface area contributed by atoms with Gasteiger partial charge in [-0.2, -0.15) is 0 Å². The van der Waals surface area contributed by atoms with Crippen molar-refractivity contribution in [3.05, 3.63) is 71.4 Å². The molecule has 2 amide bonds. The Hall–Kier alpha value is -3.43. The molecular weight excluding hydrogens is 445 g/mol. The van der Waals surface area contributed by atoms with E-state index in [4.69, 9.17) is 9.47 Å². The molecule has 2 aromatic carbocycles. The van der Waals surface area contributed by atoms with Crippen LogP contribution in [-0.4, -0.2) is 44.2 Å². The predicted molar refractivity (Wildman–Crippen MR) is 125 cm³/mol. The normalized spacial score (nSPS) is 14.4. The fourth-order valence-corrected chi connectivity index (χ4v) is 4.51. The van der Waals surface area contributed by atoms with Crippen LogP contribution in [0.25, 0.3) is 11.1 Å². The first-order chi connectivity index (χ1) is 16.0. The Labute approximate surface area is 195 Å². The molecular formula is C24H24FN3O4S. The number of morpholine rings is 1. The van der Waals surface area contributed by atoms with Gasteiger partial charge in [-0.1, -0.05) is 42.5 Å². The third-order valence-electron chi connectivity index (χ3n) is 5.13. The number of halogens is 1. The van der Waals surface area contributed by atoms with Crippen molar-refractivity contribution >= 4 is 28.2 Å². The van der Waals surface area contributed by atoms with Crippen molar-refractivity contribution in [3.63, 3.8) is 0 Å². The zero-order chi connectivity index (χ0) is 23.2. The maximum atomic E-state index is 13.7. The molecule has 7 nitrogen and oxygen atoms in total. The SMILES string of the molecule is C[C@H](Oc1ccccc1F)C(=O)NNC(=O)c1cc(-c2ccccc2)c(N2CCOCC2)s1. The third kappa shape index (κ3) is 5.50. The van der Waals surface area contributed by atoms with E-state index in [2.05, 4.69) is 15.8 Å². The smallest absolute Gasteiger partial charge is 0.279 e. The first-order valence-electron chi connectivity index (χ1n) is 10.6. The van der Waals surface area contributed by atoms with Gasteiger partial charge in [0.25, 0.3) is 11.8 Å². The van der Waals surface area contributed by atoms with Crippen LogP contribution in [0.4, 0.5) is 9.39 Å². The van der Waals surface area contributed by atoms with Gasteiger partial charge in [0.15, 0.2) is 17.7 Å². The summed E-state index contributed by atoms with van der Waals surface area (Å²) in [5.41, 5.74) is 6.74. The van der Waals surface area contributed by atoms with Crippen molar-refractivity contribution in [2.24, 2.45) is 0 Å². The van der Waals surface area contributed by atoms with E-state index in [0.717, 1.165) is 29.2 Å². The van der Waals surface area contributed by atoms with Gasteiger partial charge in [-0.15, -0.1) is 11.3 Å². The Morgan fingerprint density at radius 2 is 1.76 bits per heavy atom. The number of hydrogen-bond donors (Lipinski definition) is 2. The second kappa shape index (κ2) is 10.5. The molecule has 2 heterocycles. The van der Waals surface area contributed by atoms with Crippen molar-refractivity contribution < 1.29 is 23.5 Å². The molecule has 1 atom stereocenters. The fraction of sp³-hybridized carbons (Fsp3) is 0.250. The number of anilines is 1. The molecule has 4 rings (SSSR count). The van der Waals surface area contributed by atoms with Crippen LogP contribution in [0.15, 0.2) is 60.7 Å². The summed E-state index contributed by atoms with van der Waals surface area (Å²) in [7, 11) is 0. The first-order valence-corrected chi connectivity index (χ1v) is 11.4. The van der Waals surface area contributed by atoms with E-state index < -0.39 is 23.7 Å². The van der Waals surface area contributed by atoms with Crippen molar-refractivity contribution in [2.45, 2.75) is 13.0 Å². The molecule has 0 unspecified atom stereocenters. The molecule has 1 saturated heterocycles. The summed E-state index contributed by atoms with van der Waals surface area (Å²) in [5.74, 6) is -1.64. The van der Waals surface area contributed by atoms with E-state index in [0.29, 0.717) is 18.1 Å². The first kappa shape index (κ1) is 22.8. The van der Waals surface area contributed by atoms with Gasteiger partial charge in [-0.05, 0) is 30.7 Å². The number of rotatable bonds is 6. The minimum Gasteiger partial charge on any atom is -0.478 e. The molecule has 172 valence electrons. The molecule has 1 aliphatic rings. The Morgan fingerprint density at radius 1 is 1.06 bits per heavy atom. The zero-order valence-corrected chi connectivity index (χ0v) is 18.9. The number of nitrogens with one attached hydrogen (secondary N) is 2. The van der Waals surface area contributed by atoms with Crippen LogP contribution >= 0.6 is 11.3 Å². The summed E-state index contributed by atoms with van der Waals surface area (Å²) in [4.78, 5) is 27.8. The van der Waals surface area contributed by atoms with Gasteiger partial charge < -0.3 is 14.4 Å². The van der Waals surface area contributed by atoms with E-state index in [-0.39, 0.29) is 5.75 Å². The number of nitrogens with zero attached hydrogens (tertiary/aromatic N) is 1. The molecule has 9 heteroatoms. The molecule has 0 saturated carbocycles. The number of thiophene rings is 1. The van der Waals surface area contributed by atoms with Gasteiger partial charge in [0, 0.05) is 18.7 Å². The van der Waals surface area contributed by atoms with Crippen LogP contribution in [-0.2, 0) is 9.53 Å². The average molecular weight is 470 g/mol. The van der Waals surface area contributed by atoms with Crippen molar-refractivity contribution in [2.75, 3.05) is 31.2 Å². The van der Waals surface area contributed by atoms with Crippen LogP contribution in [0, 0.1) is 5.82 Å². The molecule has 1 aromatic heterocycles. The van der Waals surface area contributed by atoms with E-state index in [1.54, 1.807) is 6.07 Å². The van der Waals surface area contributed by atoms with Crippen LogP contribution in [0.1, 0.15) is 16.6 Å². The molecule has 0 spiro atoms. The van der Waals surface area contributed by atoms with Crippen LogP contribution in [0.5, 0.6) is 5.75 Å². The van der Waals surface area contributed by atoms with Gasteiger partial charge in [-0.25, -0.2) is 4.39 Å². The topological polar surface area (TPSA) is 79.9 Å².